The van der Waals surface area contributed by atoms with Crippen molar-refractivity contribution >= 4 is 5.91 Å². The van der Waals surface area contributed by atoms with Crippen LogP contribution < -0.4 is 5.32 Å². The predicted molar refractivity (Wildman–Crippen MR) is 239 cm³/mol. The zero-order valence-electron chi connectivity index (χ0n) is 37.0. The van der Waals surface area contributed by atoms with Crippen LogP contribution in [0.1, 0.15) is 284 Å². The summed E-state index contributed by atoms with van der Waals surface area (Å²) in [6.45, 7) is 4.33. The van der Waals surface area contributed by atoms with Crippen molar-refractivity contribution < 1.29 is 15.0 Å². The Balaban J connectivity index is 3.41. The molecule has 0 spiro atoms. The van der Waals surface area contributed by atoms with Crippen LogP contribution in [0.5, 0.6) is 0 Å². The van der Waals surface area contributed by atoms with E-state index in [1.807, 2.05) is 6.08 Å². The highest BCUT2D eigenvalue weighted by atomic mass is 16.3. The summed E-state index contributed by atoms with van der Waals surface area (Å²) >= 11 is 0. The molecule has 0 aromatic heterocycles. The van der Waals surface area contributed by atoms with E-state index in [1.54, 1.807) is 6.08 Å². The predicted octanol–water partition coefficient (Wildman–Crippen LogP) is 15.8. The lowest BCUT2D eigenvalue weighted by Gasteiger charge is -2.20. The maximum absolute atomic E-state index is 12.4. The Bertz CT molecular complexity index is 739. The lowest BCUT2D eigenvalue weighted by atomic mass is 10.0. The van der Waals surface area contributed by atoms with Crippen LogP contribution in [0.2, 0.25) is 0 Å². The van der Waals surface area contributed by atoms with Gasteiger partial charge in [-0.25, -0.2) is 0 Å². The van der Waals surface area contributed by atoms with Crippen molar-refractivity contribution in [3.8, 4) is 0 Å². The second-order valence-corrected chi connectivity index (χ2v) is 17.2. The largest absolute Gasteiger partial charge is 0.394 e. The fourth-order valence-corrected chi connectivity index (χ4v) is 7.95. The molecular weight excluding hydrogens is 663 g/mol. The van der Waals surface area contributed by atoms with E-state index < -0.39 is 12.1 Å². The molecule has 0 aliphatic rings. The molecule has 4 nitrogen and oxygen atoms in total. The molecule has 1 amide bonds. The van der Waals surface area contributed by atoms with Gasteiger partial charge in [-0.3, -0.25) is 4.79 Å². The first-order valence-electron chi connectivity index (χ1n) is 24.9. The molecule has 0 aromatic rings. The van der Waals surface area contributed by atoms with Gasteiger partial charge in [0.1, 0.15) is 0 Å². The van der Waals surface area contributed by atoms with E-state index in [0.29, 0.717) is 6.42 Å². The fourth-order valence-electron chi connectivity index (χ4n) is 7.95. The average Bonchev–Trinajstić information content (AvgIpc) is 3.18. The Labute approximate surface area is 339 Å². The first-order valence-corrected chi connectivity index (χ1v) is 24.9. The summed E-state index contributed by atoms with van der Waals surface area (Å²) in [6.07, 6.45) is 59.3. The number of unbranched alkanes of at least 4 members (excludes halogenated alkanes) is 39. The summed E-state index contributed by atoms with van der Waals surface area (Å²) in [7, 11) is 0. The summed E-state index contributed by atoms with van der Waals surface area (Å²) < 4.78 is 0. The van der Waals surface area contributed by atoms with Gasteiger partial charge >= 0.3 is 0 Å². The van der Waals surface area contributed by atoms with Crippen molar-refractivity contribution in [3.63, 3.8) is 0 Å². The Kier molecular flexibility index (Phi) is 45.8. The molecule has 3 N–H and O–H groups in total. The number of rotatable bonds is 46. The van der Waals surface area contributed by atoms with Crippen LogP contribution in [0.3, 0.4) is 0 Å². The molecule has 0 saturated heterocycles. The smallest absolute Gasteiger partial charge is 0.220 e. The molecule has 0 heterocycles. The molecule has 54 heavy (non-hydrogen) atoms. The van der Waals surface area contributed by atoms with Crippen molar-refractivity contribution in [1.82, 2.24) is 5.32 Å². The lowest BCUT2D eigenvalue weighted by molar-refractivity contribution is -0.123. The monoisotopic (exact) mass is 762 g/mol. The van der Waals surface area contributed by atoms with Gasteiger partial charge in [-0.15, -0.1) is 0 Å². The SMILES string of the molecule is CCCCCCCCCCCCCC=CC(O)C(CO)NC(=O)CCCCCCCCCCCCCCCCCCCCCCCCCCCCCCC. The fraction of sp³-hybridized carbons (Fsp3) is 0.940. The number of amides is 1. The number of aliphatic hydroxyl groups excluding tert-OH is 2. The Morgan fingerprint density at radius 3 is 0.963 bits per heavy atom. The summed E-state index contributed by atoms with van der Waals surface area (Å²) in [5, 5.41) is 23.0. The van der Waals surface area contributed by atoms with Crippen molar-refractivity contribution in [2.75, 3.05) is 6.61 Å². The summed E-state index contributed by atoms with van der Waals surface area (Å²) in [5.74, 6) is -0.0584. The van der Waals surface area contributed by atoms with Crippen LogP contribution in [0.15, 0.2) is 12.2 Å². The van der Waals surface area contributed by atoms with E-state index in [4.69, 9.17) is 0 Å². The molecule has 2 atom stereocenters. The zero-order valence-corrected chi connectivity index (χ0v) is 37.0. The lowest BCUT2D eigenvalue weighted by Crippen LogP contribution is -2.45. The number of hydrogen-bond donors (Lipinski definition) is 3. The van der Waals surface area contributed by atoms with Crippen LogP contribution in [0.4, 0.5) is 0 Å². The number of aliphatic hydroxyl groups is 2. The van der Waals surface area contributed by atoms with E-state index in [9.17, 15) is 15.0 Å². The highest BCUT2D eigenvalue weighted by Gasteiger charge is 2.18. The molecule has 0 radical (unpaired) electrons. The van der Waals surface area contributed by atoms with Crippen molar-refractivity contribution in [3.05, 3.63) is 12.2 Å². The Morgan fingerprint density at radius 1 is 0.426 bits per heavy atom. The van der Waals surface area contributed by atoms with E-state index in [-0.39, 0.29) is 12.5 Å². The third kappa shape index (κ3) is 42.3. The normalized spacial score (nSPS) is 12.9. The molecule has 0 aliphatic carbocycles. The molecule has 0 rings (SSSR count). The van der Waals surface area contributed by atoms with E-state index >= 15 is 0 Å². The summed E-state index contributed by atoms with van der Waals surface area (Å²) in [6, 6.07) is -0.616. The second-order valence-electron chi connectivity index (χ2n) is 17.2. The summed E-state index contributed by atoms with van der Waals surface area (Å²) in [4.78, 5) is 12.4. The minimum atomic E-state index is -0.833. The highest BCUT2D eigenvalue weighted by molar-refractivity contribution is 5.76. The number of nitrogens with one attached hydrogen (secondary N) is 1. The molecule has 0 fully saturated rings. The van der Waals surface area contributed by atoms with Crippen molar-refractivity contribution in [1.29, 1.82) is 0 Å². The zero-order chi connectivity index (χ0) is 39.3. The van der Waals surface area contributed by atoms with Gasteiger partial charge in [0, 0.05) is 6.42 Å². The standard InChI is InChI=1S/C50H99NO3/c1-3-5-7-9-11-13-15-17-18-19-20-21-22-23-24-25-26-27-28-29-30-31-32-34-36-38-40-42-44-46-50(54)51-48(47-52)49(53)45-43-41-39-37-35-33-16-14-12-10-8-6-4-2/h43,45,48-49,52-53H,3-42,44,46-47H2,1-2H3,(H,51,54). The molecule has 322 valence electrons. The van der Waals surface area contributed by atoms with Gasteiger partial charge < -0.3 is 15.5 Å². The average molecular weight is 762 g/mol. The molecule has 0 aliphatic heterocycles. The number of carbonyl (C=O) groups excluding carboxylic acids is 1. The van der Waals surface area contributed by atoms with Gasteiger partial charge in [0.15, 0.2) is 0 Å². The maximum Gasteiger partial charge on any atom is 0.220 e. The van der Waals surface area contributed by atoms with Gasteiger partial charge in [0.25, 0.3) is 0 Å². The van der Waals surface area contributed by atoms with Crippen LogP contribution in [0, 0.1) is 0 Å². The number of carbonyl (C=O) groups is 1. The Hall–Kier alpha value is -0.870. The van der Waals surface area contributed by atoms with Gasteiger partial charge in [-0.2, -0.15) is 0 Å². The molecule has 0 bridgehead atoms. The molecule has 0 aromatic carbocycles. The Morgan fingerprint density at radius 2 is 0.685 bits per heavy atom. The molecule has 0 saturated carbocycles. The van der Waals surface area contributed by atoms with Crippen molar-refractivity contribution in [2.45, 2.75) is 296 Å². The highest BCUT2D eigenvalue weighted by Crippen LogP contribution is 2.17. The number of allylic oxidation sites excluding steroid dienone is 1. The maximum atomic E-state index is 12.4. The quantitative estimate of drug-likeness (QED) is 0.0427. The van der Waals surface area contributed by atoms with E-state index in [1.165, 1.54) is 238 Å². The van der Waals surface area contributed by atoms with E-state index in [0.717, 1.165) is 25.7 Å². The topological polar surface area (TPSA) is 69.6 Å². The molecule has 2 unspecified atom stereocenters. The molecular formula is C50H99NO3. The van der Waals surface area contributed by atoms with Gasteiger partial charge in [-0.1, -0.05) is 270 Å². The van der Waals surface area contributed by atoms with Gasteiger partial charge in [-0.05, 0) is 19.3 Å². The summed E-state index contributed by atoms with van der Waals surface area (Å²) in [5.41, 5.74) is 0. The second kappa shape index (κ2) is 46.5. The first kappa shape index (κ1) is 53.1. The third-order valence-electron chi connectivity index (χ3n) is 11.8. The van der Waals surface area contributed by atoms with E-state index in [2.05, 4.69) is 19.2 Å². The minimum absolute atomic E-state index is 0.0584. The minimum Gasteiger partial charge on any atom is -0.394 e. The van der Waals surface area contributed by atoms with Crippen LogP contribution in [-0.4, -0.2) is 34.9 Å². The van der Waals surface area contributed by atoms with Crippen LogP contribution in [-0.2, 0) is 4.79 Å². The van der Waals surface area contributed by atoms with Gasteiger partial charge in [0.05, 0.1) is 18.8 Å². The van der Waals surface area contributed by atoms with Gasteiger partial charge in [0.2, 0.25) is 5.91 Å². The van der Waals surface area contributed by atoms with Crippen LogP contribution in [0.25, 0.3) is 0 Å². The first-order chi connectivity index (χ1) is 26.7. The van der Waals surface area contributed by atoms with Crippen LogP contribution >= 0.6 is 0 Å². The molecule has 4 heteroatoms. The third-order valence-corrected chi connectivity index (χ3v) is 11.8. The number of hydrogen-bond acceptors (Lipinski definition) is 3. The van der Waals surface area contributed by atoms with Crippen molar-refractivity contribution in [2.24, 2.45) is 0 Å².